The topological polar surface area (TPSA) is 162 Å². The first-order valence-electron chi connectivity index (χ1n) is 7.11. The van der Waals surface area contributed by atoms with E-state index in [2.05, 4.69) is 4.74 Å². The molecule has 0 aliphatic rings. The summed E-state index contributed by atoms with van der Waals surface area (Å²) in [6.45, 7) is 5.46. The Hall–Kier alpha value is -1.71. The minimum Gasteiger partial charge on any atom is -0.481 e. The normalized spacial score (nSPS) is 8.22. The van der Waals surface area contributed by atoms with E-state index >= 15 is 0 Å². The average Bonchev–Trinajstić information content (AvgIpc) is 2.39. The zero-order valence-electron chi connectivity index (χ0n) is 14.0. The Balaban J connectivity index is -0.000000107. The number of carboxylic acid groups (broad SMARTS) is 3. The number of aliphatic carboxylic acids is 3. The van der Waals surface area contributed by atoms with Crippen molar-refractivity contribution in [1.82, 2.24) is 0 Å². The first kappa shape index (κ1) is 29.3. The fourth-order valence-electron chi connectivity index (χ4n) is 0.659. The third-order valence-corrected chi connectivity index (χ3v) is 1.40. The molecule has 0 spiro atoms. The van der Waals surface area contributed by atoms with Crippen LogP contribution < -0.4 is 0 Å². The van der Waals surface area contributed by atoms with Crippen LogP contribution in [0.3, 0.4) is 0 Å². The summed E-state index contributed by atoms with van der Waals surface area (Å²) in [5, 5.41) is 39.4. The molecule has 0 aromatic carbocycles. The number of carbonyl (C=O) groups is 3. The maximum Gasteiger partial charge on any atom is 0.303 e. The predicted molar refractivity (Wildman–Crippen MR) is 83.4 cm³/mol. The third-order valence-electron chi connectivity index (χ3n) is 1.40. The predicted octanol–water partition coefficient (Wildman–Crippen LogP) is 0.821. The smallest absolute Gasteiger partial charge is 0.303 e. The molecule has 0 saturated carbocycles. The Labute approximate surface area is 136 Å². The monoisotopic (exact) mass is 342 g/mol. The Morgan fingerprint density at radius 2 is 1.04 bits per heavy atom. The quantitative estimate of drug-likeness (QED) is 0.402. The molecule has 0 saturated heterocycles. The van der Waals surface area contributed by atoms with Gasteiger partial charge in [0.2, 0.25) is 0 Å². The van der Waals surface area contributed by atoms with Gasteiger partial charge in [0.1, 0.15) is 0 Å². The summed E-state index contributed by atoms with van der Waals surface area (Å²) < 4.78 is 4.63. The maximum absolute atomic E-state index is 9.60. The molecule has 0 atom stereocenters. The van der Waals surface area contributed by atoms with Crippen molar-refractivity contribution in [2.75, 3.05) is 26.4 Å². The van der Waals surface area contributed by atoms with Crippen molar-refractivity contribution >= 4 is 17.9 Å². The van der Waals surface area contributed by atoms with E-state index in [4.69, 9.17) is 30.3 Å². The van der Waals surface area contributed by atoms with E-state index < -0.39 is 17.9 Å². The van der Waals surface area contributed by atoms with Crippen LogP contribution in [0.25, 0.3) is 0 Å². The van der Waals surface area contributed by atoms with Crippen LogP contribution in [0.4, 0.5) is 0 Å². The molecule has 9 nitrogen and oxygen atoms in total. The second-order valence-corrected chi connectivity index (χ2v) is 3.87. The molecule has 0 heterocycles. The SMILES string of the molecule is CC(=O)O.CCCC(=O)O.CCCC(=O)O.OCCOCCO. The molecule has 0 aliphatic heterocycles. The van der Waals surface area contributed by atoms with Crippen LogP contribution in [-0.4, -0.2) is 69.9 Å². The van der Waals surface area contributed by atoms with E-state index in [1.165, 1.54) is 0 Å². The lowest BCUT2D eigenvalue weighted by molar-refractivity contribution is -0.138. The Morgan fingerprint density at radius 3 is 1.13 bits per heavy atom. The highest BCUT2D eigenvalue weighted by molar-refractivity contribution is 5.66. The van der Waals surface area contributed by atoms with Crippen molar-refractivity contribution in [3.8, 4) is 0 Å². The molecule has 0 aromatic heterocycles. The number of carboxylic acids is 3. The highest BCUT2D eigenvalue weighted by Crippen LogP contribution is 1.82. The van der Waals surface area contributed by atoms with Gasteiger partial charge in [-0.3, -0.25) is 14.4 Å². The van der Waals surface area contributed by atoms with Gasteiger partial charge in [-0.15, -0.1) is 0 Å². The summed E-state index contributed by atoms with van der Waals surface area (Å²) >= 11 is 0. The van der Waals surface area contributed by atoms with Gasteiger partial charge in [0.25, 0.3) is 5.97 Å². The summed E-state index contributed by atoms with van der Waals surface area (Å²) in [5.74, 6) is -2.25. The molecule has 5 N–H and O–H groups in total. The fourth-order valence-corrected chi connectivity index (χ4v) is 0.659. The first-order chi connectivity index (χ1) is 10.7. The van der Waals surface area contributed by atoms with Crippen LogP contribution in [0.1, 0.15) is 46.5 Å². The average molecular weight is 342 g/mol. The number of aliphatic hydroxyl groups is 2. The number of hydrogen-bond acceptors (Lipinski definition) is 6. The molecular formula is C14H30O9. The molecule has 9 heteroatoms. The molecule has 23 heavy (non-hydrogen) atoms. The summed E-state index contributed by atoms with van der Waals surface area (Å²) in [6.07, 6.45) is 2.05. The lowest BCUT2D eigenvalue weighted by Crippen LogP contribution is -2.03. The number of ether oxygens (including phenoxy) is 1. The van der Waals surface area contributed by atoms with Gasteiger partial charge in [0.15, 0.2) is 0 Å². The van der Waals surface area contributed by atoms with Crippen molar-refractivity contribution in [3.05, 3.63) is 0 Å². The first-order valence-corrected chi connectivity index (χ1v) is 7.11. The lowest BCUT2D eigenvalue weighted by Gasteiger charge is -1.94. The minimum absolute atomic E-state index is 0.0278. The molecule has 0 aliphatic carbocycles. The molecule has 0 radical (unpaired) electrons. The molecule has 0 fully saturated rings. The van der Waals surface area contributed by atoms with Crippen LogP contribution in [0, 0.1) is 0 Å². The second kappa shape index (κ2) is 28.5. The highest BCUT2D eigenvalue weighted by atomic mass is 16.5. The Kier molecular flexibility index (Phi) is 36.3. The van der Waals surface area contributed by atoms with E-state index in [1.54, 1.807) is 0 Å². The van der Waals surface area contributed by atoms with E-state index in [9.17, 15) is 9.59 Å². The van der Waals surface area contributed by atoms with Gasteiger partial charge >= 0.3 is 11.9 Å². The summed E-state index contributed by atoms with van der Waals surface area (Å²) in [5.41, 5.74) is 0. The van der Waals surface area contributed by atoms with Crippen LogP contribution >= 0.6 is 0 Å². The van der Waals surface area contributed by atoms with Gasteiger partial charge < -0.3 is 30.3 Å². The summed E-state index contributed by atoms with van der Waals surface area (Å²) in [4.78, 5) is 28.2. The van der Waals surface area contributed by atoms with Gasteiger partial charge in [-0.25, -0.2) is 0 Å². The van der Waals surface area contributed by atoms with Crippen molar-refractivity contribution in [3.63, 3.8) is 0 Å². The van der Waals surface area contributed by atoms with Crippen molar-refractivity contribution < 1.29 is 44.7 Å². The van der Waals surface area contributed by atoms with Gasteiger partial charge in [0.05, 0.1) is 26.4 Å². The van der Waals surface area contributed by atoms with Crippen LogP contribution in [-0.2, 0) is 19.1 Å². The maximum atomic E-state index is 9.60. The second-order valence-electron chi connectivity index (χ2n) is 3.87. The molecule has 0 aromatic rings. The van der Waals surface area contributed by atoms with Crippen LogP contribution in [0.5, 0.6) is 0 Å². The third kappa shape index (κ3) is 98.8. The lowest BCUT2D eigenvalue weighted by atomic mass is 10.4. The molecule has 0 rings (SSSR count). The van der Waals surface area contributed by atoms with Crippen molar-refractivity contribution in [2.45, 2.75) is 46.5 Å². The van der Waals surface area contributed by atoms with E-state index in [0.717, 1.165) is 19.8 Å². The molecule has 0 amide bonds. The Bertz CT molecular complexity index is 243. The highest BCUT2D eigenvalue weighted by Gasteiger charge is 1.88. The number of hydrogen-bond donors (Lipinski definition) is 5. The molecule has 140 valence electrons. The van der Waals surface area contributed by atoms with Gasteiger partial charge in [-0.1, -0.05) is 13.8 Å². The van der Waals surface area contributed by atoms with E-state index in [1.807, 2.05) is 13.8 Å². The van der Waals surface area contributed by atoms with Crippen molar-refractivity contribution in [1.29, 1.82) is 0 Å². The molecular weight excluding hydrogens is 312 g/mol. The van der Waals surface area contributed by atoms with E-state index in [-0.39, 0.29) is 13.2 Å². The zero-order valence-corrected chi connectivity index (χ0v) is 14.0. The van der Waals surface area contributed by atoms with Crippen LogP contribution in [0.15, 0.2) is 0 Å². The zero-order chi connectivity index (χ0) is 19.1. The number of rotatable bonds is 8. The molecule has 0 unspecified atom stereocenters. The Morgan fingerprint density at radius 1 is 0.783 bits per heavy atom. The summed E-state index contributed by atoms with van der Waals surface area (Å²) in [7, 11) is 0. The summed E-state index contributed by atoms with van der Waals surface area (Å²) in [6, 6.07) is 0. The van der Waals surface area contributed by atoms with Gasteiger partial charge in [0, 0.05) is 19.8 Å². The largest absolute Gasteiger partial charge is 0.481 e. The number of aliphatic hydroxyl groups excluding tert-OH is 2. The van der Waals surface area contributed by atoms with Gasteiger partial charge in [-0.05, 0) is 12.8 Å². The van der Waals surface area contributed by atoms with E-state index in [0.29, 0.717) is 26.1 Å². The van der Waals surface area contributed by atoms with Gasteiger partial charge in [-0.2, -0.15) is 0 Å². The fraction of sp³-hybridized carbons (Fsp3) is 0.786. The molecule has 0 bridgehead atoms. The standard InChI is InChI=1S/C4H10O3.2C4H8O2.C2H4O2/c5-1-3-7-4-2-6;2*1-2-3-4(5)6;1-2(3)4/h5-6H,1-4H2;2*2-3H2,1H3,(H,5,6);1H3,(H,3,4). The van der Waals surface area contributed by atoms with Crippen molar-refractivity contribution in [2.24, 2.45) is 0 Å². The minimum atomic E-state index is -0.833. The van der Waals surface area contributed by atoms with Crippen LogP contribution in [0.2, 0.25) is 0 Å².